The Kier molecular flexibility index (Phi) is 7.02. The lowest BCUT2D eigenvalue weighted by molar-refractivity contribution is 0.0751. The lowest BCUT2D eigenvalue weighted by Crippen LogP contribution is -2.33. The van der Waals surface area contributed by atoms with E-state index in [1.165, 1.54) is 32.4 Å². The molecule has 0 aliphatic carbocycles. The summed E-state index contributed by atoms with van der Waals surface area (Å²) in [5, 5.41) is 10.5. The molecule has 162 valence electrons. The highest BCUT2D eigenvalue weighted by Crippen LogP contribution is 2.24. The van der Waals surface area contributed by atoms with Crippen LogP contribution in [0.15, 0.2) is 43.0 Å². The van der Waals surface area contributed by atoms with Gasteiger partial charge in [0.1, 0.15) is 12.4 Å². The van der Waals surface area contributed by atoms with Crippen LogP contribution in [0.5, 0.6) is 5.75 Å². The Hall–Kier alpha value is -2.38. The maximum absolute atomic E-state index is 13.0. The van der Waals surface area contributed by atoms with E-state index in [2.05, 4.69) is 9.88 Å². The number of nitrogens with zero attached hydrogens (tertiary/aromatic N) is 4. The summed E-state index contributed by atoms with van der Waals surface area (Å²) in [5.74, 6) is 0.809. The molecule has 1 aromatic carbocycles. The van der Waals surface area contributed by atoms with Crippen LogP contribution in [-0.4, -0.2) is 75.8 Å². The monoisotopic (exact) mass is 412 g/mol. The first-order valence-electron chi connectivity index (χ1n) is 11.1. The van der Waals surface area contributed by atoms with Gasteiger partial charge in [-0.2, -0.15) is 0 Å². The largest absolute Gasteiger partial charge is 0.492 e. The Morgan fingerprint density at radius 3 is 2.57 bits per heavy atom. The second-order valence-electron chi connectivity index (χ2n) is 8.29. The fourth-order valence-corrected chi connectivity index (χ4v) is 4.44. The number of aromatic nitrogens is 2. The second kappa shape index (κ2) is 10.1. The van der Waals surface area contributed by atoms with Crippen molar-refractivity contribution in [2.45, 2.75) is 44.2 Å². The number of likely N-dealkylation sites (tertiary alicyclic amines) is 2. The number of carbonyl (C=O) groups is 1. The number of rotatable bonds is 6. The highest BCUT2D eigenvalue weighted by Gasteiger charge is 2.28. The molecular weight excluding hydrogens is 380 g/mol. The van der Waals surface area contributed by atoms with Gasteiger partial charge in [-0.25, -0.2) is 4.98 Å². The Balaban J connectivity index is 1.28. The molecule has 2 atom stereocenters. The van der Waals surface area contributed by atoms with Crippen molar-refractivity contribution in [2.24, 2.45) is 0 Å². The van der Waals surface area contributed by atoms with Crippen LogP contribution >= 0.6 is 0 Å². The van der Waals surface area contributed by atoms with Crippen LogP contribution in [0.1, 0.15) is 48.5 Å². The average molecular weight is 413 g/mol. The molecule has 0 unspecified atom stereocenters. The first-order valence-corrected chi connectivity index (χ1v) is 11.1. The van der Waals surface area contributed by atoms with Gasteiger partial charge in [0.25, 0.3) is 5.91 Å². The fraction of sp³-hybridized carbons (Fsp3) is 0.565. The van der Waals surface area contributed by atoms with E-state index in [-0.39, 0.29) is 11.9 Å². The Morgan fingerprint density at radius 2 is 1.83 bits per heavy atom. The number of benzene rings is 1. The number of hydrogen-bond donors (Lipinski definition) is 1. The van der Waals surface area contributed by atoms with Gasteiger partial charge in [0.05, 0.1) is 18.5 Å². The summed E-state index contributed by atoms with van der Waals surface area (Å²) >= 11 is 0. The Bertz CT molecular complexity index is 787. The maximum atomic E-state index is 13.0. The van der Waals surface area contributed by atoms with Crippen molar-refractivity contribution in [3.05, 3.63) is 48.5 Å². The molecule has 2 aliphatic rings. The van der Waals surface area contributed by atoms with Crippen LogP contribution in [0.3, 0.4) is 0 Å². The average Bonchev–Trinajstić information content (AvgIpc) is 3.24. The van der Waals surface area contributed by atoms with Crippen molar-refractivity contribution in [1.82, 2.24) is 19.4 Å². The minimum absolute atomic E-state index is 0.00773. The summed E-state index contributed by atoms with van der Waals surface area (Å²) in [5.41, 5.74) is 0.661. The molecule has 0 radical (unpaired) electrons. The van der Waals surface area contributed by atoms with Gasteiger partial charge >= 0.3 is 0 Å². The third-order valence-corrected chi connectivity index (χ3v) is 6.25. The number of carbonyl (C=O) groups excluding carboxylic acids is 1. The predicted octanol–water partition coefficient (Wildman–Crippen LogP) is 2.59. The van der Waals surface area contributed by atoms with E-state index in [0.29, 0.717) is 38.1 Å². The molecule has 2 aliphatic heterocycles. The van der Waals surface area contributed by atoms with E-state index >= 15 is 0 Å². The number of ether oxygens (including phenoxy) is 1. The van der Waals surface area contributed by atoms with E-state index in [1.54, 1.807) is 12.5 Å². The lowest BCUT2D eigenvalue weighted by atomic mass is 10.1. The van der Waals surface area contributed by atoms with Gasteiger partial charge in [-0.05, 0) is 63.0 Å². The van der Waals surface area contributed by atoms with Crippen molar-refractivity contribution >= 4 is 5.91 Å². The smallest absolute Gasteiger partial charge is 0.253 e. The van der Waals surface area contributed by atoms with Gasteiger partial charge < -0.3 is 19.3 Å². The number of hydrogen-bond acceptors (Lipinski definition) is 5. The van der Waals surface area contributed by atoms with E-state index in [9.17, 15) is 9.90 Å². The van der Waals surface area contributed by atoms with Crippen molar-refractivity contribution in [3.8, 4) is 5.75 Å². The summed E-state index contributed by atoms with van der Waals surface area (Å²) in [4.78, 5) is 21.3. The van der Waals surface area contributed by atoms with Gasteiger partial charge in [-0.15, -0.1) is 0 Å². The standard InChI is InChI=1S/C23H32N4O3/c28-22-9-14-26(13-8-21(22)27-15-10-24-18-27)23(29)19-4-6-20(7-5-19)30-17-16-25-11-2-1-3-12-25/h4-7,10,15,18,21-22,28H,1-3,8-9,11-14,16-17H2/t21-,22-/m0/s1. The van der Waals surface area contributed by atoms with Crippen LogP contribution in [-0.2, 0) is 0 Å². The van der Waals surface area contributed by atoms with Gasteiger partial charge in [0.2, 0.25) is 0 Å². The fourth-order valence-electron chi connectivity index (χ4n) is 4.44. The summed E-state index contributed by atoms with van der Waals surface area (Å²) < 4.78 is 7.81. The van der Waals surface area contributed by atoms with E-state index in [0.717, 1.165) is 12.3 Å². The number of piperidine rings is 1. The number of aliphatic hydroxyl groups excluding tert-OH is 1. The van der Waals surface area contributed by atoms with Gasteiger partial charge in [0, 0.05) is 37.6 Å². The zero-order chi connectivity index (χ0) is 20.8. The number of aliphatic hydroxyl groups is 1. The Labute approximate surface area is 178 Å². The van der Waals surface area contributed by atoms with E-state index in [4.69, 9.17) is 4.74 Å². The highest BCUT2D eigenvalue weighted by molar-refractivity contribution is 5.94. The quantitative estimate of drug-likeness (QED) is 0.790. The highest BCUT2D eigenvalue weighted by atomic mass is 16.5. The molecule has 4 rings (SSSR count). The van der Waals surface area contributed by atoms with Crippen LogP contribution in [0, 0.1) is 0 Å². The molecule has 2 aromatic rings. The molecule has 1 aromatic heterocycles. The zero-order valence-electron chi connectivity index (χ0n) is 17.5. The van der Waals surface area contributed by atoms with Crippen LogP contribution in [0.4, 0.5) is 0 Å². The first-order chi connectivity index (χ1) is 14.7. The minimum atomic E-state index is -0.479. The number of amides is 1. The molecule has 0 saturated carbocycles. The zero-order valence-corrected chi connectivity index (χ0v) is 17.5. The van der Waals surface area contributed by atoms with Crippen molar-refractivity contribution in [3.63, 3.8) is 0 Å². The molecule has 7 nitrogen and oxygen atoms in total. The van der Waals surface area contributed by atoms with E-state index < -0.39 is 6.10 Å². The molecule has 7 heteroatoms. The Morgan fingerprint density at radius 1 is 1.07 bits per heavy atom. The third kappa shape index (κ3) is 5.21. The summed E-state index contributed by atoms with van der Waals surface area (Å²) in [6.45, 7) is 5.14. The molecule has 1 N–H and O–H groups in total. The van der Waals surface area contributed by atoms with Crippen LogP contribution in [0.25, 0.3) is 0 Å². The molecule has 30 heavy (non-hydrogen) atoms. The summed E-state index contributed by atoms with van der Waals surface area (Å²) in [6.07, 6.45) is 10.0. The van der Waals surface area contributed by atoms with Crippen molar-refractivity contribution in [1.29, 1.82) is 0 Å². The minimum Gasteiger partial charge on any atom is -0.492 e. The first kappa shape index (κ1) is 20.9. The van der Waals surface area contributed by atoms with Crippen molar-refractivity contribution < 1.29 is 14.6 Å². The topological polar surface area (TPSA) is 70.8 Å². The molecule has 1 amide bonds. The van der Waals surface area contributed by atoms with Crippen LogP contribution in [0.2, 0.25) is 0 Å². The molecule has 3 heterocycles. The third-order valence-electron chi connectivity index (χ3n) is 6.25. The van der Waals surface area contributed by atoms with Gasteiger partial charge in [-0.1, -0.05) is 6.42 Å². The SMILES string of the molecule is O=C(c1ccc(OCCN2CCCCC2)cc1)N1CC[C@H](O)[C@@H](n2ccnc2)CC1. The van der Waals surface area contributed by atoms with Crippen LogP contribution < -0.4 is 4.74 Å². The molecule has 2 saturated heterocycles. The van der Waals surface area contributed by atoms with Crippen molar-refractivity contribution in [2.75, 3.05) is 39.3 Å². The second-order valence-corrected chi connectivity index (χ2v) is 8.29. The molecular formula is C23H32N4O3. The normalized spacial score (nSPS) is 23.2. The predicted molar refractivity (Wildman–Crippen MR) is 115 cm³/mol. The van der Waals surface area contributed by atoms with Gasteiger partial charge in [-0.3, -0.25) is 9.69 Å². The summed E-state index contributed by atoms with van der Waals surface area (Å²) in [7, 11) is 0. The summed E-state index contributed by atoms with van der Waals surface area (Å²) in [6, 6.07) is 7.40. The molecule has 0 bridgehead atoms. The number of imidazole rings is 1. The van der Waals surface area contributed by atoms with E-state index in [1.807, 2.05) is 39.9 Å². The molecule has 2 fully saturated rings. The maximum Gasteiger partial charge on any atom is 0.253 e. The lowest BCUT2D eigenvalue weighted by Gasteiger charge is -2.26. The molecule has 0 spiro atoms. The van der Waals surface area contributed by atoms with Gasteiger partial charge in [0.15, 0.2) is 0 Å².